The van der Waals surface area contributed by atoms with Crippen LogP contribution >= 0.6 is 31.9 Å². The summed E-state index contributed by atoms with van der Waals surface area (Å²) in [6, 6.07) is 4.12. The molecule has 9 heteroatoms. The molecule has 0 bridgehead atoms. The van der Waals surface area contributed by atoms with Gasteiger partial charge in [-0.1, -0.05) is 0 Å². The van der Waals surface area contributed by atoms with Crippen molar-refractivity contribution in [2.24, 2.45) is 0 Å². The zero-order valence-corrected chi connectivity index (χ0v) is 12.4. The highest BCUT2D eigenvalue weighted by molar-refractivity contribution is 9.11. The Labute approximate surface area is 124 Å². The Morgan fingerprint density at radius 1 is 1.21 bits per heavy atom. The largest absolute Gasteiger partial charge is 0.436 e. The second-order valence-corrected chi connectivity index (χ2v) is 5.09. The van der Waals surface area contributed by atoms with Gasteiger partial charge in [-0.2, -0.15) is 0 Å². The van der Waals surface area contributed by atoms with E-state index in [1.807, 2.05) is 0 Å². The van der Waals surface area contributed by atoms with Crippen LogP contribution in [0.4, 0.5) is 11.5 Å². The quantitative estimate of drug-likeness (QED) is 0.637. The molecule has 0 aliphatic heterocycles. The van der Waals surface area contributed by atoms with Gasteiger partial charge in [-0.25, -0.2) is 9.97 Å². The Balaban J connectivity index is 2.38. The van der Waals surface area contributed by atoms with Crippen LogP contribution in [0.2, 0.25) is 0 Å². The van der Waals surface area contributed by atoms with E-state index in [0.29, 0.717) is 14.7 Å². The van der Waals surface area contributed by atoms with Gasteiger partial charge in [0.2, 0.25) is 5.88 Å². The molecule has 0 fully saturated rings. The van der Waals surface area contributed by atoms with Crippen molar-refractivity contribution in [1.82, 2.24) is 9.97 Å². The van der Waals surface area contributed by atoms with Crippen LogP contribution in [0.25, 0.3) is 0 Å². The van der Waals surface area contributed by atoms with E-state index in [1.165, 1.54) is 24.5 Å². The third kappa shape index (κ3) is 3.18. The number of halogens is 2. The smallest absolute Gasteiger partial charge is 0.271 e. The van der Waals surface area contributed by atoms with Crippen LogP contribution in [-0.4, -0.2) is 14.9 Å². The van der Waals surface area contributed by atoms with Crippen molar-refractivity contribution >= 4 is 43.4 Å². The van der Waals surface area contributed by atoms with E-state index in [9.17, 15) is 10.1 Å². The van der Waals surface area contributed by atoms with Gasteiger partial charge < -0.3 is 10.5 Å². The van der Waals surface area contributed by atoms with Gasteiger partial charge in [-0.15, -0.1) is 0 Å². The predicted octanol–water partition coefficient (Wildman–Crippen LogP) is 3.28. The number of benzene rings is 1. The van der Waals surface area contributed by atoms with Crippen LogP contribution in [0.5, 0.6) is 11.6 Å². The Bertz CT molecular complexity index is 627. The SMILES string of the molecule is Nc1cc(Oc2c(Br)cc([N+](=O)[O-])cc2Br)ncn1. The maximum absolute atomic E-state index is 10.7. The Morgan fingerprint density at radius 3 is 2.37 bits per heavy atom. The fourth-order valence-corrected chi connectivity index (χ4v) is 2.59. The normalized spacial score (nSPS) is 10.2. The molecule has 98 valence electrons. The van der Waals surface area contributed by atoms with Crippen molar-refractivity contribution in [3.8, 4) is 11.6 Å². The highest BCUT2D eigenvalue weighted by atomic mass is 79.9. The third-order valence-corrected chi connectivity index (χ3v) is 3.24. The Morgan fingerprint density at radius 2 is 1.84 bits per heavy atom. The molecule has 2 aromatic rings. The number of rotatable bonds is 3. The second kappa shape index (κ2) is 5.49. The fraction of sp³-hybridized carbons (Fsp3) is 0. The molecule has 0 unspecified atom stereocenters. The monoisotopic (exact) mass is 388 g/mol. The van der Waals surface area contributed by atoms with Gasteiger partial charge in [0.05, 0.1) is 13.9 Å². The number of anilines is 1. The molecular formula is C10H6Br2N4O3. The van der Waals surface area contributed by atoms with Gasteiger partial charge >= 0.3 is 0 Å². The van der Waals surface area contributed by atoms with Crippen LogP contribution < -0.4 is 10.5 Å². The van der Waals surface area contributed by atoms with Crippen LogP contribution in [0, 0.1) is 10.1 Å². The average Bonchev–Trinajstić information content (AvgIpc) is 2.33. The lowest BCUT2D eigenvalue weighted by molar-refractivity contribution is -0.385. The summed E-state index contributed by atoms with van der Waals surface area (Å²) in [5.41, 5.74) is 5.45. The maximum Gasteiger partial charge on any atom is 0.271 e. The Hall–Kier alpha value is -1.74. The molecule has 1 aromatic heterocycles. The first-order chi connectivity index (χ1) is 8.97. The number of aromatic nitrogens is 2. The first kappa shape index (κ1) is 13.7. The van der Waals surface area contributed by atoms with Crippen LogP contribution in [0.3, 0.4) is 0 Å². The zero-order chi connectivity index (χ0) is 14.0. The lowest BCUT2D eigenvalue weighted by Gasteiger charge is -2.08. The average molecular weight is 390 g/mol. The molecule has 1 heterocycles. The molecule has 0 atom stereocenters. The van der Waals surface area contributed by atoms with Crippen molar-refractivity contribution in [3.63, 3.8) is 0 Å². The molecule has 0 amide bonds. The summed E-state index contributed by atoms with van der Waals surface area (Å²) in [7, 11) is 0. The molecule has 0 radical (unpaired) electrons. The summed E-state index contributed by atoms with van der Waals surface area (Å²) in [6.07, 6.45) is 1.26. The first-order valence-corrected chi connectivity index (χ1v) is 6.45. The van der Waals surface area contributed by atoms with Crippen molar-refractivity contribution in [3.05, 3.63) is 43.6 Å². The van der Waals surface area contributed by atoms with Crippen molar-refractivity contribution in [1.29, 1.82) is 0 Å². The summed E-state index contributed by atoms with van der Waals surface area (Å²) in [5.74, 6) is 0.866. The van der Waals surface area contributed by atoms with Crippen molar-refractivity contribution in [2.45, 2.75) is 0 Å². The fourth-order valence-electron chi connectivity index (χ4n) is 1.26. The molecule has 2 rings (SSSR count). The van der Waals surface area contributed by atoms with Crippen LogP contribution in [-0.2, 0) is 0 Å². The number of hydrogen-bond acceptors (Lipinski definition) is 6. The van der Waals surface area contributed by atoms with E-state index in [-0.39, 0.29) is 17.4 Å². The summed E-state index contributed by atoms with van der Waals surface area (Å²) in [5, 5.41) is 10.7. The van der Waals surface area contributed by atoms with E-state index < -0.39 is 4.92 Å². The molecule has 1 aromatic carbocycles. The van der Waals surface area contributed by atoms with Crippen molar-refractivity contribution < 1.29 is 9.66 Å². The molecule has 0 aliphatic carbocycles. The summed E-state index contributed by atoms with van der Waals surface area (Å²) >= 11 is 6.42. The number of nitro benzene ring substituents is 1. The molecule has 0 saturated carbocycles. The van der Waals surface area contributed by atoms with Gasteiger partial charge in [0, 0.05) is 18.2 Å². The lowest BCUT2D eigenvalue weighted by atomic mass is 10.3. The molecule has 7 nitrogen and oxygen atoms in total. The molecule has 2 N–H and O–H groups in total. The van der Waals surface area contributed by atoms with E-state index >= 15 is 0 Å². The number of nitrogens with two attached hydrogens (primary N) is 1. The predicted molar refractivity (Wildman–Crippen MR) is 75.0 cm³/mol. The van der Waals surface area contributed by atoms with Gasteiger partial charge in [0.1, 0.15) is 12.1 Å². The number of nitro groups is 1. The van der Waals surface area contributed by atoms with Gasteiger partial charge in [-0.3, -0.25) is 10.1 Å². The van der Waals surface area contributed by atoms with Gasteiger partial charge in [-0.05, 0) is 31.9 Å². The van der Waals surface area contributed by atoms with Crippen LogP contribution in [0.15, 0.2) is 33.5 Å². The van der Waals surface area contributed by atoms with Crippen LogP contribution in [0.1, 0.15) is 0 Å². The van der Waals surface area contributed by atoms with E-state index in [1.54, 1.807) is 0 Å². The van der Waals surface area contributed by atoms with E-state index in [4.69, 9.17) is 10.5 Å². The number of nitrogens with zero attached hydrogens (tertiary/aromatic N) is 3. The number of ether oxygens (including phenoxy) is 1. The Kier molecular flexibility index (Phi) is 3.96. The van der Waals surface area contributed by atoms with E-state index in [0.717, 1.165) is 0 Å². The summed E-state index contributed by atoms with van der Waals surface area (Å²) in [6.45, 7) is 0. The standard InChI is InChI=1S/C10H6Br2N4O3/c11-6-1-5(16(17)18)2-7(12)10(6)19-9-3-8(13)14-4-15-9/h1-4H,(H2,13,14,15). The minimum absolute atomic E-state index is 0.0618. The molecule has 0 aliphatic rings. The first-order valence-electron chi connectivity index (χ1n) is 4.86. The topological polar surface area (TPSA) is 104 Å². The summed E-state index contributed by atoms with van der Waals surface area (Å²) in [4.78, 5) is 17.8. The van der Waals surface area contributed by atoms with E-state index in [2.05, 4.69) is 41.8 Å². The van der Waals surface area contributed by atoms with Gasteiger partial charge in [0.15, 0.2) is 5.75 Å². The highest BCUT2D eigenvalue weighted by Crippen LogP contribution is 2.39. The number of non-ortho nitro benzene ring substituents is 1. The minimum atomic E-state index is -0.498. The molecule has 19 heavy (non-hydrogen) atoms. The second-order valence-electron chi connectivity index (χ2n) is 3.38. The third-order valence-electron chi connectivity index (χ3n) is 2.06. The molecule has 0 saturated heterocycles. The molecule has 0 spiro atoms. The van der Waals surface area contributed by atoms with Gasteiger partial charge in [0.25, 0.3) is 5.69 Å². The van der Waals surface area contributed by atoms with Crippen molar-refractivity contribution in [2.75, 3.05) is 5.73 Å². The molecular weight excluding hydrogens is 384 g/mol. The lowest BCUT2D eigenvalue weighted by Crippen LogP contribution is -1.96. The maximum atomic E-state index is 10.7. The number of hydrogen-bond donors (Lipinski definition) is 1. The minimum Gasteiger partial charge on any atom is -0.436 e. The highest BCUT2D eigenvalue weighted by Gasteiger charge is 2.16. The zero-order valence-electron chi connectivity index (χ0n) is 9.21. The summed E-state index contributed by atoms with van der Waals surface area (Å²) < 4.78 is 6.35. The number of nitrogen functional groups attached to an aromatic ring is 1.